The summed E-state index contributed by atoms with van der Waals surface area (Å²) in [5.74, 6) is 0. The van der Waals surface area contributed by atoms with Crippen LogP contribution >= 0.6 is 11.6 Å². The summed E-state index contributed by atoms with van der Waals surface area (Å²) < 4.78 is 28.6. The van der Waals surface area contributed by atoms with Crippen molar-refractivity contribution in [1.29, 1.82) is 0 Å². The Morgan fingerprint density at radius 3 is 2.38 bits per heavy atom. The Labute approximate surface area is 97.8 Å². The molecule has 0 amide bonds. The predicted octanol–water partition coefficient (Wildman–Crippen LogP) is 2.47. The third-order valence-corrected chi connectivity index (χ3v) is 3.87. The number of sulfone groups is 1. The van der Waals surface area contributed by atoms with Crippen molar-refractivity contribution in [2.45, 2.75) is 16.8 Å². The van der Waals surface area contributed by atoms with E-state index in [1.807, 2.05) is 6.92 Å². The van der Waals surface area contributed by atoms with E-state index in [-0.39, 0.29) is 15.3 Å². The number of rotatable bonds is 2. The predicted molar refractivity (Wildman–Crippen MR) is 58.1 cm³/mol. The third kappa shape index (κ3) is 1.96. The maximum Gasteiger partial charge on any atom is 0.293 e. The van der Waals surface area contributed by atoms with Crippen LogP contribution in [-0.2, 0) is 9.84 Å². The van der Waals surface area contributed by atoms with Crippen molar-refractivity contribution < 1.29 is 12.8 Å². The monoisotopic (exact) mass is 257 g/mol. The van der Waals surface area contributed by atoms with Gasteiger partial charge in [0.05, 0.1) is 4.90 Å². The van der Waals surface area contributed by atoms with Gasteiger partial charge in [-0.1, -0.05) is 17.7 Å². The van der Waals surface area contributed by atoms with Gasteiger partial charge in [-0.25, -0.2) is 8.42 Å². The van der Waals surface area contributed by atoms with Gasteiger partial charge in [0, 0.05) is 0 Å². The standard InChI is InChI=1S/C10H8ClNO3S/c1-7-2-4-8(5-3-7)16(13,14)9-6-15-10(11)12-9/h2-6H,1H3. The number of nitrogens with zero attached hydrogens (tertiary/aromatic N) is 1. The van der Waals surface area contributed by atoms with E-state index in [9.17, 15) is 8.42 Å². The van der Waals surface area contributed by atoms with Crippen LogP contribution in [0.3, 0.4) is 0 Å². The minimum absolute atomic E-state index is 0.170. The van der Waals surface area contributed by atoms with Crippen LogP contribution in [0.1, 0.15) is 5.56 Å². The smallest absolute Gasteiger partial charge is 0.293 e. The number of aryl methyl sites for hydroxylation is 1. The topological polar surface area (TPSA) is 60.2 Å². The van der Waals surface area contributed by atoms with E-state index in [4.69, 9.17) is 11.6 Å². The molecule has 0 unspecified atom stereocenters. The van der Waals surface area contributed by atoms with Crippen LogP contribution in [0.5, 0.6) is 0 Å². The lowest BCUT2D eigenvalue weighted by atomic mass is 10.2. The fourth-order valence-electron chi connectivity index (χ4n) is 1.20. The third-order valence-electron chi connectivity index (χ3n) is 2.06. The Bertz CT molecular complexity index is 601. The van der Waals surface area contributed by atoms with Crippen LogP contribution in [0.4, 0.5) is 0 Å². The lowest BCUT2D eigenvalue weighted by Crippen LogP contribution is -2.02. The summed E-state index contributed by atoms with van der Waals surface area (Å²) in [5, 5.41) is -0.368. The average molecular weight is 258 g/mol. The first-order chi connectivity index (χ1) is 7.50. The summed E-state index contributed by atoms with van der Waals surface area (Å²) in [6.45, 7) is 1.88. The zero-order valence-corrected chi connectivity index (χ0v) is 9.92. The van der Waals surface area contributed by atoms with Gasteiger partial charge >= 0.3 is 0 Å². The summed E-state index contributed by atoms with van der Waals surface area (Å²) >= 11 is 5.44. The van der Waals surface area contributed by atoms with Crippen molar-refractivity contribution in [3.63, 3.8) is 0 Å². The highest BCUT2D eigenvalue weighted by Crippen LogP contribution is 2.21. The lowest BCUT2D eigenvalue weighted by Gasteiger charge is -2.00. The van der Waals surface area contributed by atoms with E-state index in [0.29, 0.717) is 0 Å². The molecule has 1 aromatic heterocycles. The van der Waals surface area contributed by atoms with E-state index in [2.05, 4.69) is 9.40 Å². The van der Waals surface area contributed by atoms with Gasteiger partial charge in [-0.2, -0.15) is 4.98 Å². The number of halogens is 1. The van der Waals surface area contributed by atoms with Crippen LogP contribution in [0.15, 0.2) is 44.9 Å². The summed E-state index contributed by atoms with van der Waals surface area (Å²) in [6.07, 6.45) is 1.03. The number of hydrogen-bond acceptors (Lipinski definition) is 4. The maximum absolute atomic E-state index is 12.0. The molecule has 0 spiro atoms. The Morgan fingerprint density at radius 2 is 1.88 bits per heavy atom. The van der Waals surface area contributed by atoms with E-state index in [1.165, 1.54) is 12.1 Å². The highest BCUT2D eigenvalue weighted by Gasteiger charge is 2.21. The fourth-order valence-corrected chi connectivity index (χ4v) is 2.50. The van der Waals surface area contributed by atoms with E-state index in [1.54, 1.807) is 12.1 Å². The van der Waals surface area contributed by atoms with Gasteiger partial charge < -0.3 is 4.42 Å². The first kappa shape index (κ1) is 11.2. The molecule has 2 rings (SSSR count). The molecule has 0 N–H and O–H groups in total. The van der Waals surface area contributed by atoms with Crippen molar-refractivity contribution in [2.24, 2.45) is 0 Å². The second-order valence-electron chi connectivity index (χ2n) is 3.26. The highest BCUT2D eigenvalue weighted by molar-refractivity contribution is 7.91. The molecule has 2 aromatic rings. The van der Waals surface area contributed by atoms with Crippen molar-refractivity contribution in [1.82, 2.24) is 4.98 Å². The molecule has 0 aliphatic rings. The Morgan fingerprint density at radius 1 is 1.25 bits per heavy atom. The molecule has 4 nitrogen and oxygen atoms in total. The van der Waals surface area contributed by atoms with Gasteiger partial charge in [-0.05, 0) is 30.7 Å². The summed E-state index contributed by atoms with van der Waals surface area (Å²) in [7, 11) is -3.62. The lowest BCUT2D eigenvalue weighted by molar-refractivity contribution is 0.554. The first-order valence-corrected chi connectivity index (χ1v) is 6.29. The van der Waals surface area contributed by atoms with Gasteiger partial charge in [0.1, 0.15) is 6.26 Å². The molecule has 0 saturated carbocycles. The number of hydrogen-bond donors (Lipinski definition) is 0. The second-order valence-corrected chi connectivity index (χ2v) is 5.48. The Kier molecular flexibility index (Phi) is 2.73. The van der Waals surface area contributed by atoms with Crippen molar-refractivity contribution >= 4 is 21.4 Å². The molecular formula is C10H8ClNO3S. The molecule has 0 aliphatic heterocycles. The Balaban J connectivity index is 2.51. The average Bonchev–Trinajstić information content (AvgIpc) is 2.66. The number of benzene rings is 1. The van der Waals surface area contributed by atoms with Crippen LogP contribution in [-0.4, -0.2) is 13.4 Å². The molecule has 1 aromatic carbocycles. The summed E-state index contributed by atoms with van der Waals surface area (Å²) in [5.41, 5.74) is 0.983. The quantitative estimate of drug-likeness (QED) is 0.829. The van der Waals surface area contributed by atoms with E-state index >= 15 is 0 Å². The minimum Gasteiger partial charge on any atom is -0.435 e. The van der Waals surface area contributed by atoms with Crippen molar-refractivity contribution in [3.05, 3.63) is 41.4 Å². The molecular weight excluding hydrogens is 250 g/mol. The first-order valence-electron chi connectivity index (χ1n) is 4.43. The van der Waals surface area contributed by atoms with Crippen molar-refractivity contribution in [3.8, 4) is 0 Å². The Hall–Kier alpha value is -1.33. The zero-order chi connectivity index (χ0) is 11.8. The maximum atomic E-state index is 12.0. The largest absolute Gasteiger partial charge is 0.435 e. The molecule has 1 heterocycles. The molecule has 0 aliphatic carbocycles. The van der Waals surface area contributed by atoms with Gasteiger partial charge in [0.2, 0.25) is 9.84 Å². The van der Waals surface area contributed by atoms with Crippen LogP contribution < -0.4 is 0 Å². The van der Waals surface area contributed by atoms with Gasteiger partial charge in [0.25, 0.3) is 5.35 Å². The molecule has 0 fully saturated rings. The van der Waals surface area contributed by atoms with Gasteiger partial charge in [-0.3, -0.25) is 0 Å². The molecule has 0 bridgehead atoms. The zero-order valence-electron chi connectivity index (χ0n) is 8.34. The van der Waals surface area contributed by atoms with Crippen LogP contribution in [0.25, 0.3) is 0 Å². The fraction of sp³-hybridized carbons (Fsp3) is 0.100. The van der Waals surface area contributed by atoms with Gasteiger partial charge in [-0.15, -0.1) is 0 Å². The number of oxazole rings is 1. The van der Waals surface area contributed by atoms with Gasteiger partial charge in [0.15, 0.2) is 5.03 Å². The normalized spacial score (nSPS) is 11.6. The van der Waals surface area contributed by atoms with E-state index < -0.39 is 9.84 Å². The van der Waals surface area contributed by atoms with E-state index in [0.717, 1.165) is 11.8 Å². The van der Waals surface area contributed by atoms with Crippen LogP contribution in [0, 0.1) is 6.92 Å². The minimum atomic E-state index is -3.62. The molecule has 0 radical (unpaired) electrons. The van der Waals surface area contributed by atoms with Crippen molar-refractivity contribution in [2.75, 3.05) is 0 Å². The molecule has 0 atom stereocenters. The summed E-state index contributed by atoms with van der Waals surface area (Å²) in [4.78, 5) is 3.76. The molecule has 6 heteroatoms. The molecule has 84 valence electrons. The second kappa shape index (κ2) is 3.92. The summed E-state index contributed by atoms with van der Waals surface area (Å²) in [6, 6.07) is 6.48. The highest BCUT2D eigenvalue weighted by atomic mass is 35.5. The molecule has 16 heavy (non-hydrogen) atoms. The SMILES string of the molecule is Cc1ccc(S(=O)(=O)c2coc(Cl)n2)cc1. The van der Waals surface area contributed by atoms with Crippen LogP contribution in [0.2, 0.25) is 5.35 Å². The molecule has 0 saturated heterocycles. The number of aromatic nitrogens is 1.